The summed E-state index contributed by atoms with van der Waals surface area (Å²) in [6.45, 7) is 3.15. The van der Waals surface area contributed by atoms with Crippen LogP contribution < -0.4 is 10.6 Å². The maximum atomic E-state index is 13.0. The van der Waals surface area contributed by atoms with Crippen molar-refractivity contribution < 1.29 is 4.79 Å². The SMILES string of the molecule is CCN(C(=O)Cn1nc2n(c1=O)CCCCC2)c1cccc2ccccc12. The Kier molecular flexibility index (Phi) is 4.79. The Morgan fingerprint density at radius 2 is 1.93 bits per heavy atom. The number of fused-ring (bicyclic) bond motifs is 2. The standard InChI is InChI=1S/C21H24N4O2/c1-2-23(18-12-8-10-16-9-5-6-11-17(16)18)20(26)15-25-21(27)24-14-7-3-4-13-19(24)22-25/h5-6,8-12H,2-4,7,13-15H2,1H3. The molecule has 0 atom stereocenters. The van der Waals surface area contributed by atoms with E-state index in [0.29, 0.717) is 13.1 Å². The first kappa shape index (κ1) is 17.5. The molecule has 0 aliphatic carbocycles. The Morgan fingerprint density at radius 1 is 1.11 bits per heavy atom. The van der Waals surface area contributed by atoms with E-state index in [1.807, 2.05) is 49.4 Å². The zero-order chi connectivity index (χ0) is 18.8. The van der Waals surface area contributed by atoms with Gasteiger partial charge in [-0.3, -0.25) is 9.36 Å². The number of hydrogen-bond donors (Lipinski definition) is 0. The molecule has 2 aromatic carbocycles. The Balaban J connectivity index is 1.64. The zero-order valence-corrected chi connectivity index (χ0v) is 15.6. The molecule has 1 aromatic heterocycles. The molecule has 0 fully saturated rings. The van der Waals surface area contributed by atoms with Gasteiger partial charge in [-0.05, 0) is 31.2 Å². The summed E-state index contributed by atoms with van der Waals surface area (Å²) in [5.41, 5.74) is 0.698. The van der Waals surface area contributed by atoms with Crippen LogP contribution in [0.4, 0.5) is 5.69 Å². The number of carbonyl (C=O) groups excluding carboxylic acids is 1. The van der Waals surface area contributed by atoms with Crippen molar-refractivity contribution in [3.8, 4) is 0 Å². The van der Waals surface area contributed by atoms with Crippen LogP contribution in [0.25, 0.3) is 10.8 Å². The van der Waals surface area contributed by atoms with E-state index in [2.05, 4.69) is 5.10 Å². The molecule has 4 rings (SSSR count). The van der Waals surface area contributed by atoms with Crippen LogP contribution >= 0.6 is 0 Å². The minimum atomic E-state index is -0.172. The van der Waals surface area contributed by atoms with Crippen LogP contribution in [-0.4, -0.2) is 26.8 Å². The van der Waals surface area contributed by atoms with Crippen molar-refractivity contribution >= 4 is 22.4 Å². The number of hydrogen-bond acceptors (Lipinski definition) is 3. The largest absolute Gasteiger partial charge is 0.346 e. The summed E-state index contributed by atoms with van der Waals surface area (Å²) in [6, 6.07) is 14.0. The number of likely N-dealkylation sites (N-methyl/N-ethyl adjacent to an activating group) is 1. The Bertz CT molecular complexity index is 1030. The fourth-order valence-electron chi connectivity index (χ4n) is 3.87. The van der Waals surface area contributed by atoms with Crippen molar-refractivity contribution in [2.24, 2.45) is 0 Å². The number of anilines is 1. The maximum Gasteiger partial charge on any atom is 0.346 e. The predicted octanol–water partition coefficient (Wildman–Crippen LogP) is 2.98. The molecule has 0 unspecified atom stereocenters. The molecule has 27 heavy (non-hydrogen) atoms. The molecule has 1 aliphatic heterocycles. The second-order valence-electron chi connectivity index (χ2n) is 6.96. The summed E-state index contributed by atoms with van der Waals surface area (Å²) in [6.07, 6.45) is 3.95. The smallest absolute Gasteiger partial charge is 0.310 e. The third-order valence-corrected chi connectivity index (χ3v) is 5.24. The van der Waals surface area contributed by atoms with Crippen LogP contribution in [0.1, 0.15) is 32.0 Å². The Hall–Kier alpha value is -2.89. The highest BCUT2D eigenvalue weighted by atomic mass is 16.2. The molecule has 0 saturated heterocycles. The van der Waals surface area contributed by atoms with E-state index in [-0.39, 0.29) is 18.1 Å². The molecule has 6 heteroatoms. The third-order valence-electron chi connectivity index (χ3n) is 5.24. The van der Waals surface area contributed by atoms with Gasteiger partial charge in [0.05, 0.1) is 5.69 Å². The third kappa shape index (κ3) is 3.27. The van der Waals surface area contributed by atoms with Crippen molar-refractivity contribution in [2.45, 2.75) is 45.7 Å². The monoisotopic (exact) mass is 364 g/mol. The molecule has 0 spiro atoms. The lowest BCUT2D eigenvalue weighted by Gasteiger charge is -2.22. The number of rotatable bonds is 4. The second-order valence-corrected chi connectivity index (χ2v) is 6.96. The molecule has 1 aliphatic rings. The van der Waals surface area contributed by atoms with E-state index in [1.165, 1.54) is 4.68 Å². The lowest BCUT2D eigenvalue weighted by molar-refractivity contribution is -0.119. The van der Waals surface area contributed by atoms with Gasteiger partial charge in [-0.1, -0.05) is 42.8 Å². The van der Waals surface area contributed by atoms with E-state index in [9.17, 15) is 9.59 Å². The van der Waals surface area contributed by atoms with Gasteiger partial charge in [-0.15, -0.1) is 0 Å². The molecule has 0 N–H and O–H groups in total. The van der Waals surface area contributed by atoms with Crippen molar-refractivity contribution in [3.63, 3.8) is 0 Å². The number of aromatic nitrogens is 3. The molecule has 6 nitrogen and oxygen atoms in total. The summed E-state index contributed by atoms with van der Waals surface area (Å²) in [5.74, 6) is 0.683. The Labute approximate surface area is 158 Å². The highest BCUT2D eigenvalue weighted by Gasteiger charge is 2.21. The van der Waals surface area contributed by atoms with Gasteiger partial charge in [0.1, 0.15) is 12.4 Å². The van der Waals surface area contributed by atoms with E-state index in [1.54, 1.807) is 9.47 Å². The normalized spacial score (nSPS) is 14.0. The van der Waals surface area contributed by atoms with Crippen LogP contribution in [0.3, 0.4) is 0 Å². The lowest BCUT2D eigenvalue weighted by atomic mass is 10.1. The topological polar surface area (TPSA) is 60.1 Å². The van der Waals surface area contributed by atoms with Gasteiger partial charge in [0, 0.05) is 24.9 Å². The van der Waals surface area contributed by atoms with Gasteiger partial charge >= 0.3 is 5.69 Å². The lowest BCUT2D eigenvalue weighted by Crippen LogP contribution is -2.37. The minimum Gasteiger partial charge on any atom is -0.310 e. The molecule has 2 heterocycles. The maximum absolute atomic E-state index is 13.0. The van der Waals surface area contributed by atoms with E-state index >= 15 is 0 Å². The van der Waals surface area contributed by atoms with Gasteiger partial charge in [0.2, 0.25) is 5.91 Å². The number of nitrogens with zero attached hydrogens (tertiary/aromatic N) is 4. The van der Waals surface area contributed by atoms with Gasteiger partial charge in [0.25, 0.3) is 0 Å². The summed E-state index contributed by atoms with van der Waals surface area (Å²) in [4.78, 5) is 27.4. The van der Waals surface area contributed by atoms with Crippen LogP contribution in [0.2, 0.25) is 0 Å². The Morgan fingerprint density at radius 3 is 2.78 bits per heavy atom. The molecular weight excluding hydrogens is 340 g/mol. The molecule has 1 amide bonds. The van der Waals surface area contributed by atoms with Gasteiger partial charge in [-0.2, -0.15) is 5.10 Å². The van der Waals surface area contributed by atoms with Crippen molar-refractivity contribution in [3.05, 3.63) is 58.8 Å². The van der Waals surface area contributed by atoms with Crippen molar-refractivity contribution in [1.82, 2.24) is 14.3 Å². The number of carbonyl (C=O) groups is 1. The first-order valence-corrected chi connectivity index (χ1v) is 9.63. The highest BCUT2D eigenvalue weighted by Crippen LogP contribution is 2.26. The number of amides is 1. The van der Waals surface area contributed by atoms with Gasteiger partial charge in [0.15, 0.2) is 0 Å². The molecule has 3 aromatic rings. The van der Waals surface area contributed by atoms with E-state index in [4.69, 9.17) is 0 Å². The van der Waals surface area contributed by atoms with Crippen molar-refractivity contribution in [1.29, 1.82) is 0 Å². The first-order chi connectivity index (χ1) is 13.2. The molecule has 0 saturated carbocycles. The van der Waals surface area contributed by atoms with Gasteiger partial charge in [-0.25, -0.2) is 9.48 Å². The molecular formula is C21H24N4O2. The number of benzene rings is 2. The summed E-state index contributed by atoms with van der Waals surface area (Å²) < 4.78 is 3.06. The predicted molar refractivity (Wildman–Crippen MR) is 106 cm³/mol. The minimum absolute atomic E-state index is 0.0319. The quantitative estimate of drug-likeness (QED) is 0.715. The van der Waals surface area contributed by atoms with E-state index in [0.717, 1.165) is 48.0 Å². The summed E-state index contributed by atoms with van der Waals surface area (Å²) in [5, 5.41) is 6.56. The van der Waals surface area contributed by atoms with Crippen LogP contribution in [0.5, 0.6) is 0 Å². The first-order valence-electron chi connectivity index (χ1n) is 9.63. The van der Waals surface area contributed by atoms with Crippen molar-refractivity contribution in [2.75, 3.05) is 11.4 Å². The fourth-order valence-corrected chi connectivity index (χ4v) is 3.87. The second kappa shape index (κ2) is 7.39. The molecule has 0 radical (unpaired) electrons. The summed E-state index contributed by atoms with van der Waals surface area (Å²) in [7, 11) is 0. The van der Waals surface area contributed by atoms with E-state index < -0.39 is 0 Å². The molecule has 140 valence electrons. The number of aryl methyl sites for hydroxylation is 1. The highest BCUT2D eigenvalue weighted by molar-refractivity contribution is 6.03. The fraction of sp³-hybridized carbons (Fsp3) is 0.381. The molecule has 0 bridgehead atoms. The van der Waals surface area contributed by atoms with Crippen LogP contribution in [-0.2, 0) is 24.3 Å². The summed E-state index contributed by atoms with van der Waals surface area (Å²) >= 11 is 0. The zero-order valence-electron chi connectivity index (χ0n) is 15.6. The van der Waals surface area contributed by atoms with Crippen LogP contribution in [0, 0.1) is 0 Å². The van der Waals surface area contributed by atoms with Gasteiger partial charge < -0.3 is 4.90 Å². The average molecular weight is 364 g/mol. The average Bonchev–Trinajstić information content (AvgIpc) is 2.85. The van der Waals surface area contributed by atoms with Crippen LogP contribution in [0.15, 0.2) is 47.3 Å².